The van der Waals surface area contributed by atoms with Gasteiger partial charge in [-0.1, -0.05) is 12.1 Å². The number of nitrogens with one attached hydrogen (secondary N) is 1. The SMILES string of the molecule is c1ccc(N2CCC(NCCc3ccc4c(c3)OCO4)CC2)nc1. The lowest BCUT2D eigenvalue weighted by Gasteiger charge is -2.33. The molecule has 0 spiro atoms. The van der Waals surface area contributed by atoms with Crippen molar-refractivity contribution >= 4 is 5.82 Å². The Labute approximate surface area is 142 Å². The molecule has 3 heterocycles. The number of fused-ring (bicyclic) bond motifs is 1. The second-order valence-corrected chi connectivity index (χ2v) is 6.34. The highest BCUT2D eigenvalue weighted by atomic mass is 16.7. The van der Waals surface area contributed by atoms with Gasteiger partial charge in [0.25, 0.3) is 0 Å². The number of ether oxygens (including phenoxy) is 2. The van der Waals surface area contributed by atoms with Crippen LogP contribution >= 0.6 is 0 Å². The molecular weight excluding hydrogens is 302 g/mol. The van der Waals surface area contributed by atoms with Gasteiger partial charge in [-0.25, -0.2) is 4.98 Å². The normalized spacial score (nSPS) is 17.2. The first-order valence-corrected chi connectivity index (χ1v) is 8.66. The number of pyridine rings is 1. The lowest BCUT2D eigenvalue weighted by atomic mass is 10.0. The van der Waals surface area contributed by atoms with E-state index in [-0.39, 0.29) is 0 Å². The van der Waals surface area contributed by atoms with Gasteiger partial charge in [0.15, 0.2) is 11.5 Å². The van der Waals surface area contributed by atoms with Crippen molar-refractivity contribution in [1.29, 1.82) is 0 Å². The second-order valence-electron chi connectivity index (χ2n) is 6.34. The zero-order chi connectivity index (χ0) is 16.2. The van der Waals surface area contributed by atoms with Crippen molar-refractivity contribution in [2.45, 2.75) is 25.3 Å². The van der Waals surface area contributed by atoms with Crippen LogP contribution in [0.2, 0.25) is 0 Å². The number of piperidine rings is 1. The van der Waals surface area contributed by atoms with Crippen LogP contribution in [0.15, 0.2) is 42.6 Å². The van der Waals surface area contributed by atoms with Crippen LogP contribution in [0.3, 0.4) is 0 Å². The molecule has 1 fully saturated rings. The second kappa shape index (κ2) is 7.09. The van der Waals surface area contributed by atoms with Gasteiger partial charge in [0.1, 0.15) is 5.82 Å². The third-order valence-electron chi connectivity index (χ3n) is 4.75. The molecule has 2 aliphatic heterocycles. The molecule has 0 saturated carbocycles. The van der Waals surface area contributed by atoms with Crippen LogP contribution in [0, 0.1) is 0 Å². The zero-order valence-corrected chi connectivity index (χ0v) is 13.8. The van der Waals surface area contributed by atoms with Crippen molar-refractivity contribution in [3.05, 3.63) is 48.2 Å². The predicted octanol–water partition coefficient (Wildman–Crippen LogP) is 2.61. The fraction of sp³-hybridized carbons (Fsp3) is 0.421. The van der Waals surface area contributed by atoms with Crippen LogP contribution < -0.4 is 19.7 Å². The largest absolute Gasteiger partial charge is 0.454 e. The fourth-order valence-electron chi connectivity index (χ4n) is 3.37. The Morgan fingerprint density at radius 3 is 2.79 bits per heavy atom. The summed E-state index contributed by atoms with van der Waals surface area (Å²) in [6.07, 6.45) is 5.21. The molecular formula is C19H23N3O2. The smallest absolute Gasteiger partial charge is 0.231 e. The summed E-state index contributed by atoms with van der Waals surface area (Å²) in [5.41, 5.74) is 1.29. The van der Waals surface area contributed by atoms with Gasteiger partial charge in [0, 0.05) is 25.3 Å². The van der Waals surface area contributed by atoms with Crippen molar-refractivity contribution in [2.24, 2.45) is 0 Å². The quantitative estimate of drug-likeness (QED) is 0.916. The third-order valence-corrected chi connectivity index (χ3v) is 4.75. The van der Waals surface area contributed by atoms with E-state index in [1.807, 2.05) is 18.3 Å². The molecule has 0 unspecified atom stereocenters. The summed E-state index contributed by atoms with van der Waals surface area (Å²) in [7, 11) is 0. The summed E-state index contributed by atoms with van der Waals surface area (Å²) in [6.45, 7) is 3.47. The maximum Gasteiger partial charge on any atom is 0.231 e. The van der Waals surface area contributed by atoms with Crippen LogP contribution in [0.4, 0.5) is 5.82 Å². The van der Waals surface area contributed by atoms with E-state index in [1.165, 1.54) is 5.56 Å². The summed E-state index contributed by atoms with van der Waals surface area (Å²) in [6, 6.07) is 12.9. The van der Waals surface area contributed by atoms with Gasteiger partial charge in [0.05, 0.1) is 0 Å². The molecule has 5 heteroatoms. The number of anilines is 1. The van der Waals surface area contributed by atoms with Crippen LogP contribution in [0.5, 0.6) is 11.5 Å². The molecule has 2 aromatic rings. The summed E-state index contributed by atoms with van der Waals surface area (Å²) in [5.74, 6) is 2.82. The molecule has 1 saturated heterocycles. The molecule has 126 valence electrons. The van der Waals surface area contributed by atoms with E-state index in [1.54, 1.807) is 0 Å². The van der Waals surface area contributed by atoms with Crippen molar-refractivity contribution in [3.63, 3.8) is 0 Å². The molecule has 0 bridgehead atoms. The molecule has 1 aromatic carbocycles. The van der Waals surface area contributed by atoms with Gasteiger partial charge >= 0.3 is 0 Å². The minimum atomic E-state index is 0.339. The van der Waals surface area contributed by atoms with Crippen LogP contribution in [-0.4, -0.2) is 37.5 Å². The third kappa shape index (κ3) is 3.46. The molecule has 0 atom stereocenters. The summed E-state index contributed by atoms with van der Waals surface area (Å²) < 4.78 is 10.8. The highest BCUT2D eigenvalue weighted by Crippen LogP contribution is 2.32. The first kappa shape index (κ1) is 15.3. The molecule has 2 aliphatic rings. The molecule has 1 aromatic heterocycles. The fourth-order valence-corrected chi connectivity index (χ4v) is 3.37. The average Bonchev–Trinajstić information content (AvgIpc) is 3.11. The lowest BCUT2D eigenvalue weighted by molar-refractivity contribution is 0.174. The first-order valence-electron chi connectivity index (χ1n) is 8.66. The maximum absolute atomic E-state index is 5.44. The molecule has 5 nitrogen and oxygen atoms in total. The van der Waals surface area contributed by atoms with E-state index >= 15 is 0 Å². The molecule has 0 amide bonds. The molecule has 0 radical (unpaired) electrons. The van der Waals surface area contributed by atoms with Gasteiger partial charge in [-0.15, -0.1) is 0 Å². The highest BCUT2D eigenvalue weighted by molar-refractivity contribution is 5.44. The summed E-state index contributed by atoms with van der Waals surface area (Å²) in [4.78, 5) is 6.81. The van der Waals surface area contributed by atoms with Crippen LogP contribution in [-0.2, 0) is 6.42 Å². The Hall–Kier alpha value is -2.27. The predicted molar refractivity (Wildman–Crippen MR) is 93.7 cm³/mol. The number of benzene rings is 1. The average molecular weight is 325 g/mol. The first-order chi connectivity index (χ1) is 11.9. The van der Waals surface area contributed by atoms with E-state index in [4.69, 9.17) is 9.47 Å². The highest BCUT2D eigenvalue weighted by Gasteiger charge is 2.19. The van der Waals surface area contributed by atoms with E-state index in [9.17, 15) is 0 Å². The van der Waals surface area contributed by atoms with Crippen LogP contribution in [0.1, 0.15) is 18.4 Å². The summed E-state index contributed by atoms with van der Waals surface area (Å²) >= 11 is 0. The topological polar surface area (TPSA) is 46.6 Å². The summed E-state index contributed by atoms with van der Waals surface area (Å²) in [5, 5.41) is 3.69. The van der Waals surface area contributed by atoms with E-state index < -0.39 is 0 Å². The lowest BCUT2D eigenvalue weighted by Crippen LogP contribution is -2.43. The van der Waals surface area contributed by atoms with Crippen molar-refractivity contribution in [2.75, 3.05) is 31.3 Å². The number of hydrogen-bond acceptors (Lipinski definition) is 5. The monoisotopic (exact) mass is 325 g/mol. The Morgan fingerprint density at radius 1 is 1.08 bits per heavy atom. The van der Waals surface area contributed by atoms with Gasteiger partial charge in [-0.05, 0) is 55.6 Å². The van der Waals surface area contributed by atoms with E-state index in [2.05, 4.69) is 39.5 Å². The molecule has 4 rings (SSSR count). The Morgan fingerprint density at radius 2 is 1.96 bits per heavy atom. The Kier molecular flexibility index (Phi) is 4.51. The minimum Gasteiger partial charge on any atom is -0.454 e. The van der Waals surface area contributed by atoms with Gasteiger partial charge in [0.2, 0.25) is 6.79 Å². The van der Waals surface area contributed by atoms with Crippen molar-refractivity contribution < 1.29 is 9.47 Å². The Balaban J connectivity index is 1.22. The number of nitrogens with zero attached hydrogens (tertiary/aromatic N) is 2. The van der Waals surface area contributed by atoms with Gasteiger partial charge in [-0.3, -0.25) is 0 Å². The number of hydrogen-bond donors (Lipinski definition) is 1. The maximum atomic E-state index is 5.44. The van der Waals surface area contributed by atoms with Gasteiger partial charge in [-0.2, -0.15) is 0 Å². The van der Waals surface area contributed by atoms with Crippen molar-refractivity contribution in [3.8, 4) is 11.5 Å². The number of rotatable bonds is 5. The minimum absolute atomic E-state index is 0.339. The van der Waals surface area contributed by atoms with E-state index in [0.29, 0.717) is 12.8 Å². The van der Waals surface area contributed by atoms with Crippen molar-refractivity contribution in [1.82, 2.24) is 10.3 Å². The number of aromatic nitrogens is 1. The Bertz CT molecular complexity index is 670. The van der Waals surface area contributed by atoms with Crippen LogP contribution in [0.25, 0.3) is 0 Å². The molecule has 0 aliphatic carbocycles. The standard InChI is InChI=1S/C19H23N3O2/c1-2-9-21-19(3-1)22-11-7-16(8-12-22)20-10-6-15-4-5-17-18(13-15)24-14-23-17/h1-5,9,13,16,20H,6-8,10-12,14H2. The zero-order valence-electron chi connectivity index (χ0n) is 13.8. The van der Waals surface area contributed by atoms with Gasteiger partial charge < -0.3 is 19.7 Å². The van der Waals surface area contributed by atoms with E-state index in [0.717, 1.165) is 56.2 Å². The molecule has 24 heavy (non-hydrogen) atoms. The molecule has 1 N–H and O–H groups in total.